The molecule has 8 heteroatoms. The summed E-state index contributed by atoms with van der Waals surface area (Å²) < 4.78 is 2.01. The lowest BCUT2D eigenvalue weighted by Gasteiger charge is -2.27. The van der Waals surface area contributed by atoms with Crippen molar-refractivity contribution < 1.29 is 5.11 Å². The molecule has 128 valence electrons. The molecule has 2 aliphatic heterocycles. The number of thioether (sulfide) groups is 1. The monoisotopic (exact) mass is 338 g/mol. The van der Waals surface area contributed by atoms with E-state index < -0.39 is 5.60 Å². The number of aryl methyl sites for hydroxylation is 2. The van der Waals surface area contributed by atoms with Gasteiger partial charge in [0.15, 0.2) is 11.8 Å². The van der Waals surface area contributed by atoms with Gasteiger partial charge in [0.25, 0.3) is 0 Å². The van der Waals surface area contributed by atoms with Crippen LogP contribution in [0.4, 0.5) is 0 Å². The maximum atomic E-state index is 10.4. The Morgan fingerprint density at radius 3 is 3.13 bits per heavy atom. The molecule has 7 nitrogen and oxygen atoms in total. The number of rotatable bonds is 4. The Labute approximate surface area is 141 Å². The van der Waals surface area contributed by atoms with Crippen molar-refractivity contribution >= 4 is 17.7 Å². The average molecular weight is 338 g/mol. The molecule has 3 heterocycles. The van der Waals surface area contributed by atoms with Gasteiger partial charge in [-0.1, -0.05) is 6.92 Å². The Bertz CT molecular complexity index is 566. The van der Waals surface area contributed by atoms with Crippen molar-refractivity contribution in [1.82, 2.24) is 25.4 Å². The van der Waals surface area contributed by atoms with E-state index in [1.807, 2.05) is 4.68 Å². The maximum Gasteiger partial charge on any atom is 0.191 e. The molecule has 1 saturated heterocycles. The molecule has 3 rings (SSSR count). The smallest absolute Gasteiger partial charge is 0.191 e. The van der Waals surface area contributed by atoms with Gasteiger partial charge in [-0.25, -0.2) is 9.67 Å². The fraction of sp³-hybridized carbons (Fsp3) is 0.800. The molecular formula is C15H26N6OS. The maximum absolute atomic E-state index is 10.4. The van der Waals surface area contributed by atoms with Crippen molar-refractivity contribution in [3.05, 3.63) is 11.6 Å². The van der Waals surface area contributed by atoms with Crippen molar-refractivity contribution in [2.24, 2.45) is 4.99 Å². The third-order valence-corrected chi connectivity index (χ3v) is 5.68. The second-order valence-electron chi connectivity index (χ2n) is 6.31. The first-order valence-electron chi connectivity index (χ1n) is 8.32. The summed E-state index contributed by atoms with van der Waals surface area (Å²) in [5.74, 6) is 4.58. The van der Waals surface area contributed by atoms with Crippen LogP contribution in [0.15, 0.2) is 4.99 Å². The molecule has 1 fully saturated rings. The standard InChI is InChI=1S/C15H26N6OS/c1-3-12-19-13-5-4-11(8-21(13)20-12)18-14(16-2)17-9-15(22)6-7-23-10-15/h11,22H,3-10H2,1-2H3,(H2,16,17,18). The number of nitrogens with one attached hydrogen (secondary N) is 2. The van der Waals surface area contributed by atoms with Crippen LogP contribution in [0.3, 0.4) is 0 Å². The number of nitrogens with zero attached hydrogens (tertiary/aromatic N) is 4. The minimum atomic E-state index is -0.607. The summed E-state index contributed by atoms with van der Waals surface area (Å²) in [6, 6.07) is 0.285. The third kappa shape index (κ3) is 3.98. The second-order valence-corrected chi connectivity index (χ2v) is 7.42. The molecule has 23 heavy (non-hydrogen) atoms. The normalized spacial score (nSPS) is 27.8. The first-order valence-corrected chi connectivity index (χ1v) is 9.47. The van der Waals surface area contributed by atoms with Gasteiger partial charge in [-0.2, -0.15) is 16.9 Å². The van der Waals surface area contributed by atoms with E-state index in [0.29, 0.717) is 6.54 Å². The van der Waals surface area contributed by atoms with Gasteiger partial charge in [0.05, 0.1) is 12.1 Å². The highest BCUT2D eigenvalue weighted by molar-refractivity contribution is 7.99. The van der Waals surface area contributed by atoms with Crippen LogP contribution in [-0.2, 0) is 19.4 Å². The first-order chi connectivity index (χ1) is 11.1. The van der Waals surface area contributed by atoms with Gasteiger partial charge in [-0.3, -0.25) is 4.99 Å². The van der Waals surface area contributed by atoms with Crippen LogP contribution < -0.4 is 10.6 Å². The Balaban J connectivity index is 1.53. The number of guanidine groups is 1. The third-order valence-electron chi connectivity index (χ3n) is 4.45. The van der Waals surface area contributed by atoms with E-state index in [0.717, 1.165) is 61.3 Å². The van der Waals surface area contributed by atoms with Crippen LogP contribution in [-0.4, -0.2) is 62.6 Å². The summed E-state index contributed by atoms with van der Waals surface area (Å²) in [5, 5.41) is 21.7. The molecule has 2 unspecified atom stereocenters. The molecule has 0 bridgehead atoms. The lowest BCUT2D eigenvalue weighted by Crippen LogP contribution is -2.51. The van der Waals surface area contributed by atoms with Crippen LogP contribution in [0.1, 0.15) is 31.4 Å². The highest BCUT2D eigenvalue weighted by Gasteiger charge is 2.32. The van der Waals surface area contributed by atoms with E-state index in [-0.39, 0.29) is 6.04 Å². The highest BCUT2D eigenvalue weighted by atomic mass is 32.2. The largest absolute Gasteiger partial charge is 0.387 e. The molecule has 0 radical (unpaired) electrons. The fourth-order valence-corrected chi connectivity index (χ4v) is 4.30. The van der Waals surface area contributed by atoms with Crippen LogP contribution in [0, 0.1) is 0 Å². The van der Waals surface area contributed by atoms with Crippen molar-refractivity contribution in [3.63, 3.8) is 0 Å². The van der Waals surface area contributed by atoms with Crippen molar-refractivity contribution in [2.45, 2.75) is 50.8 Å². The highest BCUT2D eigenvalue weighted by Crippen LogP contribution is 2.26. The number of hydrogen-bond donors (Lipinski definition) is 3. The van der Waals surface area contributed by atoms with Gasteiger partial charge in [0, 0.05) is 38.2 Å². The predicted octanol–water partition coefficient (Wildman–Crippen LogP) is 0.188. The first kappa shape index (κ1) is 16.6. The molecule has 1 aromatic heterocycles. The van der Waals surface area contributed by atoms with Crippen LogP contribution in [0.5, 0.6) is 0 Å². The van der Waals surface area contributed by atoms with E-state index in [1.54, 1.807) is 18.8 Å². The quantitative estimate of drug-likeness (QED) is 0.537. The predicted molar refractivity (Wildman–Crippen MR) is 92.9 cm³/mol. The number of hydrogen-bond acceptors (Lipinski definition) is 5. The zero-order valence-corrected chi connectivity index (χ0v) is 14.7. The van der Waals surface area contributed by atoms with Crippen LogP contribution in [0.25, 0.3) is 0 Å². The van der Waals surface area contributed by atoms with Gasteiger partial charge in [0.2, 0.25) is 0 Å². The summed E-state index contributed by atoms with van der Waals surface area (Å²) in [5.41, 5.74) is -0.607. The van der Waals surface area contributed by atoms with Gasteiger partial charge in [0.1, 0.15) is 5.82 Å². The second kappa shape index (κ2) is 7.09. The van der Waals surface area contributed by atoms with E-state index in [2.05, 4.69) is 32.6 Å². The van der Waals surface area contributed by atoms with Crippen LogP contribution in [0.2, 0.25) is 0 Å². The molecule has 0 aromatic carbocycles. The lowest BCUT2D eigenvalue weighted by atomic mass is 10.0. The Hall–Kier alpha value is -1.28. The SMILES string of the molecule is CCc1nc2n(n1)CC(NC(=NC)NCC1(O)CCSC1)CC2. The molecule has 3 N–H and O–H groups in total. The lowest BCUT2D eigenvalue weighted by molar-refractivity contribution is 0.0723. The number of aliphatic hydroxyl groups is 1. The van der Waals surface area contributed by atoms with Crippen molar-refractivity contribution in [3.8, 4) is 0 Å². The minimum absolute atomic E-state index is 0.285. The minimum Gasteiger partial charge on any atom is -0.387 e. The molecule has 0 spiro atoms. The molecular weight excluding hydrogens is 312 g/mol. The molecule has 2 atom stereocenters. The van der Waals surface area contributed by atoms with Gasteiger partial charge >= 0.3 is 0 Å². The van der Waals surface area contributed by atoms with Crippen molar-refractivity contribution in [1.29, 1.82) is 0 Å². The number of aliphatic imine (C=N–C) groups is 1. The molecule has 0 amide bonds. The Kier molecular flexibility index (Phi) is 5.11. The summed E-state index contributed by atoms with van der Waals surface area (Å²) in [6.45, 7) is 3.43. The van der Waals surface area contributed by atoms with Crippen molar-refractivity contribution in [2.75, 3.05) is 25.1 Å². The van der Waals surface area contributed by atoms with Gasteiger partial charge in [-0.15, -0.1) is 0 Å². The summed E-state index contributed by atoms with van der Waals surface area (Å²) in [6.07, 6.45) is 3.66. The van der Waals surface area contributed by atoms with E-state index in [4.69, 9.17) is 0 Å². The Morgan fingerprint density at radius 2 is 2.43 bits per heavy atom. The molecule has 1 aromatic rings. The molecule has 0 aliphatic carbocycles. The Morgan fingerprint density at radius 1 is 1.57 bits per heavy atom. The van der Waals surface area contributed by atoms with E-state index in [9.17, 15) is 5.11 Å². The van der Waals surface area contributed by atoms with Crippen LogP contribution >= 0.6 is 11.8 Å². The van der Waals surface area contributed by atoms with Gasteiger partial charge < -0.3 is 15.7 Å². The summed E-state index contributed by atoms with van der Waals surface area (Å²) in [7, 11) is 1.77. The fourth-order valence-electron chi connectivity index (χ4n) is 3.00. The summed E-state index contributed by atoms with van der Waals surface area (Å²) >= 11 is 1.80. The van der Waals surface area contributed by atoms with E-state index >= 15 is 0 Å². The summed E-state index contributed by atoms with van der Waals surface area (Å²) in [4.78, 5) is 8.83. The average Bonchev–Trinajstić information content (AvgIpc) is 3.17. The van der Waals surface area contributed by atoms with E-state index in [1.165, 1.54) is 0 Å². The molecule has 0 saturated carbocycles. The zero-order valence-electron chi connectivity index (χ0n) is 13.9. The number of fused-ring (bicyclic) bond motifs is 1. The number of aromatic nitrogens is 3. The van der Waals surface area contributed by atoms with Gasteiger partial charge in [-0.05, 0) is 18.6 Å². The topological polar surface area (TPSA) is 87.4 Å². The zero-order chi connectivity index (χ0) is 16.3. The molecule has 2 aliphatic rings.